The molecule has 0 fully saturated rings. The molecule has 0 spiro atoms. The van der Waals surface area contributed by atoms with Crippen LogP contribution in [0.25, 0.3) is 0 Å². The lowest BCUT2D eigenvalue weighted by Gasteiger charge is -2.32. The van der Waals surface area contributed by atoms with Crippen LogP contribution in [0.15, 0.2) is 24.3 Å². The molecule has 1 N–H and O–H groups in total. The first kappa shape index (κ1) is 16.9. The van der Waals surface area contributed by atoms with Crippen LogP contribution in [0.4, 0.5) is 9.18 Å². The highest BCUT2D eigenvalue weighted by Gasteiger charge is 2.29. The molecule has 5 nitrogen and oxygen atoms in total. The normalized spacial score (nSPS) is 13.4. The van der Waals surface area contributed by atoms with Gasteiger partial charge in [0, 0.05) is 19.7 Å². The Labute approximate surface area is 124 Å². The average molecular weight is 296 g/mol. The molecule has 0 aliphatic rings. The Morgan fingerprint density at radius 2 is 1.81 bits per heavy atom. The van der Waals surface area contributed by atoms with Crippen LogP contribution in [-0.4, -0.2) is 47.0 Å². The fourth-order valence-electron chi connectivity index (χ4n) is 2.18. The van der Waals surface area contributed by atoms with Crippen molar-refractivity contribution in [3.63, 3.8) is 0 Å². The van der Waals surface area contributed by atoms with E-state index in [9.17, 15) is 14.0 Å². The number of carbonyl (C=O) groups is 2. The molecule has 0 bridgehead atoms. The number of hydrogen-bond acceptors (Lipinski definition) is 2. The summed E-state index contributed by atoms with van der Waals surface area (Å²) in [4.78, 5) is 26.0. The molecule has 0 aliphatic heterocycles. The lowest BCUT2D eigenvalue weighted by Crippen LogP contribution is -2.48. The van der Waals surface area contributed by atoms with E-state index in [0.29, 0.717) is 12.0 Å². The fourth-order valence-corrected chi connectivity index (χ4v) is 2.18. The van der Waals surface area contributed by atoms with Crippen molar-refractivity contribution in [3.05, 3.63) is 35.6 Å². The van der Waals surface area contributed by atoms with Crippen LogP contribution in [0.1, 0.15) is 31.9 Å². The van der Waals surface area contributed by atoms with Gasteiger partial charge in [-0.3, -0.25) is 0 Å². The highest BCUT2D eigenvalue weighted by atomic mass is 19.1. The minimum absolute atomic E-state index is 0.305. The van der Waals surface area contributed by atoms with Crippen LogP contribution in [0.2, 0.25) is 0 Å². The number of likely N-dealkylation sites (N-methyl/N-ethyl adjacent to an activating group) is 1. The summed E-state index contributed by atoms with van der Waals surface area (Å²) < 4.78 is 13.8. The van der Waals surface area contributed by atoms with Crippen molar-refractivity contribution >= 4 is 12.0 Å². The number of amides is 2. The van der Waals surface area contributed by atoms with Crippen LogP contribution in [0.3, 0.4) is 0 Å². The predicted molar refractivity (Wildman–Crippen MR) is 77.5 cm³/mol. The van der Waals surface area contributed by atoms with E-state index in [1.807, 2.05) is 0 Å². The van der Waals surface area contributed by atoms with Gasteiger partial charge >= 0.3 is 12.0 Å². The molecule has 2 amide bonds. The molecule has 2 unspecified atom stereocenters. The largest absolute Gasteiger partial charge is 0.480 e. The van der Waals surface area contributed by atoms with Gasteiger partial charge in [-0.05, 0) is 19.4 Å². The molecule has 1 aromatic rings. The van der Waals surface area contributed by atoms with Crippen LogP contribution in [0.5, 0.6) is 0 Å². The molecule has 0 radical (unpaired) electrons. The van der Waals surface area contributed by atoms with Crippen molar-refractivity contribution in [1.29, 1.82) is 0 Å². The quantitative estimate of drug-likeness (QED) is 0.909. The van der Waals surface area contributed by atoms with E-state index in [0.717, 1.165) is 0 Å². The topological polar surface area (TPSA) is 60.9 Å². The number of carboxylic acid groups (broad SMARTS) is 1. The Bertz CT molecular complexity index is 521. The molecule has 116 valence electrons. The van der Waals surface area contributed by atoms with Gasteiger partial charge in [0.1, 0.15) is 11.9 Å². The van der Waals surface area contributed by atoms with Gasteiger partial charge < -0.3 is 14.9 Å². The van der Waals surface area contributed by atoms with Gasteiger partial charge in [-0.2, -0.15) is 0 Å². The van der Waals surface area contributed by atoms with Crippen LogP contribution in [-0.2, 0) is 4.79 Å². The molecule has 0 aliphatic carbocycles. The second-order valence-electron chi connectivity index (χ2n) is 4.96. The summed E-state index contributed by atoms with van der Waals surface area (Å²) in [5, 5.41) is 9.10. The fraction of sp³-hybridized carbons (Fsp3) is 0.467. The van der Waals surface area contributed by atoms with Gasteiger partial charge in [-0.1, -0.05) is 25.1 Å². The number of hydrogen-bond donors (Lipinski definition) is 1. The Balaban J connectivity index is 2.92. The van der Waals surface area contributed by atoms with Gasteiger partial charge in [-0.25, -0.2) is 14.0 Å². The molecule has 0 saturated carbocycles. The van der Waals surface area contributed by atoms with E-state index in [4.69, 9.17) is 5.11 Å². The summed E-state index contributed by atoms with van der Waals surface area (Å²) in [6, 6.07) is 4.37. The first-order valence-electron chi connectivity index (χ1n) is 6.78. The SMILES string of the molecule is CCC(C(=O)O)N(C)C(=O)N(C)C(C)c1ccccc1F. The number of aliphatic carboxylic acids is 1. The smallest absolute Gasteiger partial charge is 0.326 e. The molecule has 0 saturated heterocycles. The van der Waals surface area contributed by atoms with Crippen molar-refractivity contribution in [2.24, 2.45) is 0 Å². The Hall–Kier alpha value is -2.11. The van der Waals surface area contributed by atoms with E-state index in [1.165, 1.54) is 30.0 Å². The maximum atomic E-state index is 13.8. The molecule has 0 aromatic heterocycles. The molecule has 1 rings (SSSR count). The molecule has 6 heteroatoms. The summed E-state index contributed by atoms with van der Waals surface area (Å²) in [7, 11) is 2.97. The first-order chi connectivity index (χ1) is 9.81. The van der Waals surface area contributed by atoms with Crippen molar-refractivity contribution in [3.8, 4) is 0 Å². The number of nitrogens with zero attached hydrogens (tertiary/aromatic N) is 2. The number of halogens is 1. The number of rotatable bonds is 5. The maximum absolute atomic E-state index is 13.8. The summed E-state index contributed by atoms with van der Waals surface area (Å²) in [6.45, 7) is 3.40. The molecular weight excluding hydrogens is 275 g/mol. The third kappa shape index (κ3) is 3.71. The van der Waals surface area contributed by atoms with Gasteiger partial charge in [-0.15, -0.1) is 0 Å². The van der Waals surface area contributed by atoms with E-state index in [-0.39, 0.29) is 0 Å². The summed E-state index contributed by atoms with van der Waals surface area (Å²) in [5.74, 6) is -1.45. The molecule has 21 heavy (non-hydrogen) atoms. The molecule has 0 heterocycles. The van der Waals surface area contributed by atoms with Gasteiger partial charge in [0.25, 0.3) is 0 Å². The highest BCUT2D eigenvalue weighted by molar-refractivity contribution is 5.82. The summed E-state index contributed by atoms with van der Waals surface area (Å²) in [6.07, 6.45) is 0.305. The lowest BCUT2D eigenvalue weighted by molar-refractivity contribution is -0.142. The zero-order chi connectivity index (χ0) is 16.2. The summed E-state index contributed by atoms with van der Waals surface area (Å²) in [5.41, 5.74) is 0.394. The van der Waals surface area contributed by atoms with E-state index in [2.05, 4.69) is 0 Å². The number of carbonyl (C=O) groups excluding carboxylic acids is 1. The van der Waals surface area contributed by atoms with Gasteiger partial charge in [0.15, 0.2) is 0 Å². The number of urea groups is 1. The zero-order valence-electron chi connectivity index (χ0n) is 12.7. The first-order valence-corrected chi connectivity index (χ1v) is 6.78. The predicted octanol–water partition coefficient (Wildman–Crippen LogP) is 2.73. The monoisotopic (exact) mass is 296 g/mol. The highest BCUT2D eigenvalue weighted by Crippen LogP contribution is 2.23. The van der Waals surface area contributed by atoms with Crippen molar-refractivity contribution in [2.45, 2.75) is 32.4 Å². The van der Waals surface area contributed by atoms with Crippen molar-refractivity contribution < 1.29 is 19.1 Å². The third-order valence-electron chi connectivity index (χ3n) is 3.68. The molecular formula is C15H21FN2O3. The Morgan fingerprint density at radius 3 is 2.29 bits per heavy atom. The van der Waals surface area contributed by atoms with Crippen LogP contribution in [0, 0.1) is 5.82 Å². The van der Waals surface area contributed by atoms with E-state index < -0.39 is 29.9 Å². The average Bonchev–Trinajstić information content (AvgIpc) is 2.45. The molecule has 1 aromatic carbocycles. The minimum atomic E-state index is -1.06. The van der Waals surface area contributed by atoms with E-state index >= 15 is 0 Å². The van der Waals surface area contributed by atoms with Crippen molar-refractivity contribution in [1.82, 2.24) is 9.80 Å². The maximum Gasteiger partial charge on any atom is 0.326 e. The lowest BCUT2D eigenvalue weighted by atomic mass is 10.1. The van der Waals surface area contributed by atoms with Crippen molar-refractivity contribution in [2.75, 3.05) is 14.1 Å². The minimum Gasteiger partial charge on any atom is -0.480 e. The van der Waals surface area contributed by atoms with Crippen LogP contribution >= 0.6 is 0 Å². The van der Waals surface area contributed by atoms with Gasteiger partial charge in [0.05, 0.1) is 6.04 Å². The van der Waals surface area contributed by atoms with Gasteiger partial charge in [0.2, 0.25) is 0 Å². The summed E-state index contributed by atoms with van der Waals surface area (Å²) >= 11 is 0. The number of benzene rings is 1. The standard InChI is InChI=1S/C15H21FN2O3/c1-5-13(14(19)20)18(4)15(21)17(3)10(2)11-8-6-7-9-12(11)16/h6-10,13H,5H2,1-4H3,(H,19,20). The molecule has 2 atom stereocenters. The second kappa shape index (κ2) is 7.06. The number of carboxylic acids is 1. The zero-order valence-corrected chi connectivity index (χ0v) is 12.7. The Morgan fingerprint density at radius 1 is 1.24 bits per heavy atom. The second-order valence-corrected chi connectivity index (χ2v) is 4.96. The Kier molecular flexibility index (Phi) is 5.69. The third-order valence-corrected chi connectivity index (χ3v) is 3.68. The van der Waals surface area contributed by atoms with E-state index in [1.54, 1.807) is 32.0 Å². The van der Waals surface area contributed by atoms with Crippen LogP contribution < -0.4 is 0 Å².